The molecule has 0 fully saturated rings. The van der Waals surface area contributed by atoms with E-state index in [0.29, 0.717) is 13.2 Å². The Morgan fingerprint density at radius 3 is 2.60 bits per heavy atom. The van der Waals surface area contributed by atoms with E-state index in [0.717, 1.165) is 37.6 Å². The first kappa shape index (κ1) is 16.8. The van der Waals surface area contributed by atoms with Crippen molar-refractivity contribution in [1.29, 1.82) is 0 Å². The van der Waals surface area contributed by atoms with Crippen molar-refractivity contribution in [3.63, 3.8) is 0 Å². The fraction of sp³-hybridized carbons (Fsp3) is 0.600. The van der Waals surface area contributed by atoms with Crippen LogP contribution in [0, 0.1) is 0 Å². The molecule has 0 unspecified atom stereocenters. The Balaban J connectivity index is 2.31. The van der Waals surface area contributed by atoms with Crippen molar-refractivity contribution in [3.05, 3.63) is 23.8 Å². The van der Waals surface area contributed by atoms with Crippen LogP contribution >= 0.6 is 0 Å². The molecule has 114 valence electrons. The maximum atomic E-state index is 8.63. The summed E-state index contributed by atoms with van der Waals surface area (Å²) in [7, 11) is 1.65. The third-order valence-corrected chi connectivity index (χ3v) is 2.85. The molecule has 1 rings (SSSR count). The maximum absolute atomic E-state index is 8.63. The highest BCUT2D eigenvalue weighted by atomic mass is 16.5. The zero-order chi connectivity index (χ0) is 14.6. The summed E-state index contributed by atoms with van der Waals surface area (Å²) in [6.45, 7) is 6.11. The second-order valence-electron chi connectivity index (χ2n) is 4.42. The van der Waals surface area contributed by atoms with Crippen LogP contribution in [0.5, 0.6) is 11.5 Å². The van der Waals surface area contributed by atoms with Crippen molar-refractivity contribution in [3.8, 4) is 11.5 Å². The smallest absolute Gasteiger partial charge is 0.161 e. The molecule has 0 aliphatic rings. The van der Waals surface area contributed by atoms with Crippen LogP contribution in [0.4, 0.5) is 0 Å². The van der Waals surface area contributed by atoms with Gasteiger partial charge < -0.3 is 25.2 Å². The van der Waals surface area contributed by atoms with E-state index >= 15 is 0 Å². The van der Waals surface area contributed by atoms with E-state index in [1.54, 1.807) is 7.11 Å². The molecule has 0 spiro atoms. The summed E-state index contributed by atoms with van der Waals surface area (Å²) >= 11 is 0. The van der Waals surface area contributed by atoms with Crippen molar-refractivity contribution >= 4 is 0 Å². The average Bonchev–Trinajstić information content (AvgIpc) is 2.47. The third kappa shape index (κ3) is 6.23. The molecule has 3 N–H and O–H groups in total. The second-order valence-corrected chi connectivity index (χ2v) is 4.42. The maximum Gasteiger partial charge on any atom is 0.161 e. The Bertz CT molecular complexity index is 372. The van der Waals surface area contributed by atoms with E-state index in [1.165, 1.54) is 5.56 Å². The standard InChI is InChI=1S/C15H26N2O3/c1-3-20-15-11-13(5-6-14(15)19-2)12-17-8-4-7-16-9-10-18/h5-6,11,16-18H,3-4,7-10,12H2,1-2H3. The first-order valence-corrected chi connectivity index (χ1v) is 7.13. The van der Waals surface area contributed by atoms with Crippen LogP contribution in [0.1, 0.15) is 18.9 Å². The van der Waals surface area contributed by atoms with Gasteiger partial charge in [0.1, 0.15) is 0 Å². The SMILES string of the molecule is CCOc1cc(CNCCCNCCO)ccc1OC. The van der Waals surface area contributed by atoms with Gasteiger partial charge in [-0.2, -0.15) is 0 Å². The molecule has 0 saturated carbocycles. The van der Waals surface area contributed by atoms with Crippen molar-refractivity contribution in [2.75, 3.05) is 40.0 Å². The number of benzene rings is 1. The first-order valence-electron chi connectivity index (χ1n) is 7.13. The minimum absolute atomic E-state index is 0.194. The van der Waals surface area contributed by atoms with Gasteiger partial charge in [0, 0.05) is 13.1 Å². The summed E-state index contributed by atoms with van der Waals surface area (Å²) in [4.78, 5) is 0. The van der Waals surface area contributed by atoms with Gasteiger partial charge in [0.2, 0.25) is 0 Å². The van der Waals surface area contributed by atoms with Gasteiger partial charge in [-0.05, 0) is 44.1 Å². The fourth-order valence-corrected chi connectivity index (χ4v) is 1.87. The van der Waals surface area contributed by atoms with Crippen LogP contribution in [-0.4, -0.2) is 45.1 Å². The van der Waals surface area contributed by atoms with Crippen LogP contribution in [0.25, 0.3) is 0 Å². The monoisotopic (exact) mass is 282 g/mol. The Hall–Kier alpha value is -1.30. The van der Waals surface area contributed by atoms with Crippen molar-refractivity contribution < 1.29 is 14.6 Å². The fourth-order valence-electron chi connectivity index (χ4n) is 1.87. The molecule has 0 aliphatic carbocycles. The van der Waals surface area contributed by atoms with E-state index in [2.05, 4.69) is 10.6 Å². The second kappa shape index (κ2) is 10.5. The Morgan fingerprint density at radius 2 is 1.90 bits per heavy atom. The number of ether oxygens (including phenoxy) is 2. The van der Waals surface area contributed by atoms with Crippen LogP contribution < -0.4 is 20.1 Å². The summed E-state index contributed by atoms with van der Waals surface area (Å²) in [5.74, 6) is 1.56. The van der Waals surface area contributed by atoms with E-state index in [1.807, 2.05) is 25.1 Å². The van der Waals surface area contributed by atoms with Gasteiger partial charge in [0.05, 0.1) is 20.3 Å². The van der Waals surface area contributed by atoms with Crippen molar-refractivity contribution in [2.45, 2.75) is 19.9 Å². The zero-order valence-corrected chi connectivity index (χ0v) is 12.4. The zero-order valence-electron chi connectivity index (χ0n) is 12.4. The molecule has 0 saturated heterocycles. The first-order chi connectivity index (χ1) is 9.81. The molecule has 0 amide bonds. The summed E-state index contributed by atoms with van der Waals surface area (Å²) in [6, 6.07) is 5.99. The molecule has 0 atom stereocenters. The summed E-state index contributed by atoms with van der Waals surface area (Å²) in [5.41, 5.74) is 1.18. The highest BCUT2D eigenvalue weighted by Gasteiger charge is 2.04. The number of aliphatic hydroxyl groups excluding tert-OH is 1. The molecule has 5 heteroatoms. The van der Waals surface area contributed by atoms with Crippen LogP contribution in [-0.2, 0) is 6.54 Å². The molecular formula is C15H26N2O3. The quantitative estimate of drug-likeness (QED) is 0.532. The molecular weight excluding hydrogens is 256 g/mol. The van der Waals surface area contributed by atoms with Gasteiger partial charge in [0.15, 0.2) is 11.5 Å². The molecule has 5 nitrogen and oxygen atoms in total. The molecule has 0 radical (unpaired) electrons. The summed E-state index contributed by atoms with van der Waals surface area (Å²) < 4.78 is 10.8. The van der Waals surface area contributed by atoms with Gasteiger partial charge in [-0.1, -0.05) is 6.07 Å². The van der Waals surface area contributed by atoms with Crippen LogP contribution in [0.15, 0.2) is 18.2 Å². The molecule has 0 aromatic heterocycles. The number of rotatable bonds is 11. The van der Waals surface area contributed by atoms with Crippen molar-refractivity contribution in [2.24, 2.45) is 0 Å². The van der Waals surface area contributed by atoms with E-state index in [9.17, 15) is 0 Å². The lowest BCUT2D eigenvalue weighted by atomic mass is 10.2. The molecule has 0 heterocycles. The van der Waals surface area contributed by atoms with E-state index < -0.39 is 0 Å². The number of methoxy groups -OCH3 is 1. The number of hydrogen-bond acceptors (Lipinski definition) is 5. The third-order valence-electron chi connectivity index (χ3n) is 2.85. The average molecular weight is 282 g/mol. The van der Waals surface area contributed by atoms with Crippen LogP contribution in [0.2, 0.25) is 0 Å². The number of hydrogen-bond donors (Lipinski definition) is 3. The topological polar surface area (TPSA) is 62.8 Å². The lowest BCUT2D eigenvalue weighted by Gasteiger charge is -2.11. The molecule has 0 bridgehead atoms. The lowest BCUT2D eigenvalue weighted by Crippen LogP contribution is -2.23. The molecule has 0 aliphatic heterocycles. The van der Waals surface area contributed by atoms with Gasteiger partial charge in [0.25, 0.3) is 0 Å². The largest absolute Gasteiger partial charge is 0.493 e. The highest BCUT2D eigenvalue weighted by Crippen LogP contribution is 2.27. The predicted octanol–water partition coefficient (Wildman–Crippen LogP) is 1.16. The van der Waals surface area contributed by atoms with Gasteiger partial charge >= 0.3 is 0 Å². The number of aliphatic hydroxyl groups is 1. The van der Waals surface area contributed by atoms with E-state index in [4.69, 9.17) is 14.6 Å². The predicted molar refractivity (Wildman–Crippen MR) is 80.4 cm³/mol. The number of nitrogens with one attached hydrogen (secondary N) is 2. The Kier molecular flexibility index (Phi) is 8.78. The summed E-state index contributed by atoms with van der Waals surface area (Å²) in [5, 5.41) is 15.2. The van der Waals surface area contributed by atoms with E-state index in [-0.39, 0.29) is 6.61 Å². The minimum atomic E-state index is 0.194. The highest BCUT2D eigenvalue weighted by molar-refractivity contribution is 5.42. The van der Waals surface area contributed by atoms with Crippen LogP contribution in [0.3, 0.4) is 0 Å². The lowest BCUT2D eigenvalue weighted by molar-refractivity contribution is 0.292. The molecule has 1 aromatic carbocycles. The van der Waals surface area contributed by atoms with Gasteiger partial charge in [-0.25, -0.2) is 0 Å². The van der Waals surface area contributed by atoms with Gasteiger partial charge in [-0.3, -0.25) is 0 Å². The Labute approximate surface area is 121 Å². The van der Waals surface area contributed by atoms with Crippen molar-refractivity contribution in [1.82, 2.24) is 10.6 Å². The Morgan fingerprint density at radius 1 is 1.10 bits per heavy atom. The van der Waals surface area contributed by atoms with Gasteiger partial charge in [-0.15, -0.1) is 0 Å². The molecule has 1 aromatic rings. The molecule has 20 heavy (non-hydrogen) atoms. The minimum Gasteiger partial charge on any atom is -0.493 e. The normalized spacial score (nSPS) is 10.6. The summed E-state index contributed by atoms with van der Waals surface area (Å²) in [6.07, 6.45) is 1.04.